The zero-order chi connectivity index (χ0) is 15.4. The Morgan fingerprint density at radius 1 is 1.05 bits per heavy atom. The van der Waals surface area contributed by atoms with Gasteiger partial charge in [0.1, 0.15) is 11.6 Å². The first-order valence-corrected chi connectivity index (χ1v) is 6.53. The van der Waals surface area contributed by atoms with E-state index in [9.17, 15) is 8.78 Å². The molecule has 21 heavy (non-hydrogen) atoms. The van der Waals surface area contributed by atoms with E-state index in [-0.39, 0.29) is 11.3 Å². The van der Waals surface area contributed by atoms with Gasteiger partial charge in [0.15, 0.2) is 0 Å². The third kappa shape index (κ3) is 4.36. The summed E-state index contributed by atoms with van der Waals surface area (Å²) in [6.45, 7) is 0.742. The van der Waals surface area contributed by atoms with Crippen LogP contribution in [-0.2, 0) is 13.1 Å². The molecule has 0 heterocycles. The fraction of sp³-hybridized carbons (Fsp3) is 0.200. The van der Waals surface area contributed by atoms with Gasteiger partial charge in [-0.1, -0.05) is 24.3 Å². The highest BCUT2D eigenvalue weighted by Crippen LogP contribution is 2.12. The van der Waals surface area contributed by atoms with Crippen molar-refractivity contribution in [2.24, 2.45) is 0 Å². The molecule has 2 N–H and O–H groups in total. The van der Waals surface area contributed by atoms with Crippen molar-refractivity contribution in [1.29, 1.82) is 0 Å². The van der Waals surface area contributed by atoms with Crippen LogP contribution < -0.4 is 5.46 Å². The van der Waals surface area contributed by atoms with E-state index in [1.807, 2.05) is 4.90 Å². The third-order valence-electron chi connectivity index (χ3n) is 3.13. The Morgan fingerprint density at radius 3 is 2.43 bits per heavy atom. The van der Waals surface area contributed by atoms with Crippen molar-refractivity contribution in [1.82, 2.24) is 4.90 Å². The quantitative estimate of drug-likeness (QED) is 0.816. The van der Waals surface area contributed by atoms with Crippen LogP contribution in [0.25, 0.3) is 0 Å². The first-order chi connectivity index (χ1) is 9.95. The number of hydrogen-bond acceptors (Lipinski definition) is 3. The van der Waals surface area contributed by atoms with Gasteiger partial charge in [0.2, 0.25) is 0 Å². The lowest BCUT2D eigenvalue weighted by Gasteiger charge is -2.18. The van der Waals surface area contributed by atoms with Gasteiger partial charge in [-0.25, -0.2) is 8.78 Å². The molecule has 0 aliphatic rings. The summed E-state index contributed by atoms with van der Waals surface area (Å²) in [6, 6.07) is 10.4. The van der Waals surface area contributed by atoms with E-state index >= 15 is 0 Å². The normalized spacial score (nSPS) is 11.0. The molecule has 0 radical (unpaired) electrons. The van der Waals surface area contributed by atoms with Gasteiger partial charge in [0.25, 0.3) is 0 Å². The minimum Gasteiger partial charge on any atom is -0.423 e. The van der Waals surface area contributed by atoms with E-state index in [1.165, 1.54) is 18.2 Å². The topological polar surface area (TPSA) is 43.7 Å². The van der Waals surface area contributed by atoms with E-state index in [0.29, 0.717) is 24.2 Å². The number of nitrogens with zero attached hydrogens (tertiary/aromatic N) is 1. The second-order valence-electron chi connectivity index (χ2n) is 5.03. The highest BCUT2D eigenvalue weighted by atomic mass is 19.1. The molecule has 0 aliphatic carbocycles. The van der Waals surface area contributed by atoms with Crippen LogP contribution in [0.4, 0.5) is 8.78 Å². The molecule has 3 nitrogen and oxygen atoms in total. The van der Waals surface area contributed by atoms with Crippen molar-refractivity contribution >= 4 is 12.6 Å². The van der Waals surface area contributed by atoms with Gasteiger partial charge in [-0.3, -0.25) is 4.90 Å². The summed E-state index contributed by atoms with van der Waals surface area (Å²) in [6.07, 6.45) is 0. The Balaban J connectivity index is 2.09. The summed E-state index contributed by atoms with van der Waals surface area (Å²) in [5.74, 6) is -0.815. The first-order valence-electron chi connectivity index (χ1n) is 6.53. The van der Waals surface area contributed by atoms with Gasteiger partial charge in [0.05, 0.1) is 0 Å². The van der Waals surface area contributed by atoms with E-state index in [4.69, 9.17) is 10.0 Å². The minimum atomic E-state index is -1.71. The zero-order valence-electron chi connectivity index (χ0n) is 11.6. The van der Waals surface area contributed by atoms with Gasteiger partial charge in [-0.05, 0) is 36.3 Å². The lowest BCUT2D eigenvalue weighted by molar-refractivity contribution is 0.313. The Bertz CT molecular complexity index is 622. The van der Waals surface area contributed by atoms with Crippen molar-refractivity contribution in [3.05, 3.63) is 65.2 Å². The summed E-state index contributed by atoms with van der Waals surface area (Å²) in [5, 5.41) is 18.2. The van der Waals surface area contributed by atoms with Crippen molar-refractivity contribution in [2.75, 3.05) is 7.05 Å². The molecule has 2 aromatic carbocycles. The molecule has 0 aliphatic heterocycles. The molecule has 0 unspecified atom stereocenters. The molecular formula is C15H16BF2NO2. The van der Waals surface area contributed by atoms with Crippen LogP contribution in [0.2, 0.25) is 0 Å². The molecule has 0 saturated heterocycles. The SMILES string of the molecule is CN(Cc1cc(F)cc(B(O)O)c1)Cc1ccccc1F. The van der Waals surface area contributed by atoms with Gasteiger partial charge < -0.3 is 10.0 Å². The summed E-state index contributed by atoms with van der Waals surface area (Å²) in [5.41, 5.74) is 1.25. The van der Waals surface area contributed by atoms with Crippen LogP contribution in [0.3, 0.4) is 0 Å². The third-order valence-corrected chi connectivity index (χ3v) is 3.13. The van der Waals surface area contributed by atoms with E-state index in [1.54, 1.807) is 25.2 Å². The van der Waals surface area contributed by atoms with Crippen LogP contribution in [0.15, 0.2) is 42.5 Å². The summed E-state index contributed by atoms with van der Waals surface area (Å²) in [4.78, 5) is 1.82. The average molecular weight is 291 g/mol. The highest BCUT2D eigenvalue weighted by Gasteiger charge is 2.14. The second-order valence-corrected chi connectivity index (χ2v) is 5.03. The summed E-state index contributed by atoms with van der Waals surface area (Å²) in [7, 11) is 0.0724. The van der Waals surface area contributed by atoms with Gasteiger partial charge in [0, 0.05) is 18.7 Å². The molecule has 0 aromatic heterocycles. The number of benzene rings is 2. The molecule has 0 amide bonds. The number of rotatable bonds is 5. The van der Waals surface area contributed by atoms with E-state index < -0.39 is 12.9 Å². The number of hydrogen-bond donors (Lipinski definition) is 2. The number of halogens is 2. The Hall–Kier alpha value is -1.76. The molecular weight excluding hydrogens is 275 g/mol. The zero-order valence-corrected chi connectivity index (χ0v) is 11.6. The van der Waals surface area contributed by atoms with Crippen LogP contribution in [-0.4, -0.2) is 29.1 Å². The molecule has 0 spiro atoms. The van der Waals surface area contributed by atoms with Crippen molar-refractivity contribution in [3.63, 3.8) is 0 Å². The largest absolute Gasteiger partial charge is 0.488 e. The van der Waals surface area contributed by atoms with Crippen molar-refractivity contribution < 1.29 is 18.8 Å². The molecule has 2 rings (SSSR count). The molecule has 0 fully saturated rings. The predicted molar refractivity (Wildman–Crippen MR) is 77.8 cm³/mol. The van der Waals surface area contributed by atoms with Gasteiger partial charge in [-0.2, -0.15) is 0 Å². The molecule has 0 atom stereocenters. The minimum absolute atomic E-state index is 0.101. The van der Waals surface area contributed by atoms with Crippen molar-refractivity contribution in [3.8, 4) is 0 Å². The molecule has 110 valence electrons. The Kier molecular flexibility index (Phi) is 5.06. The fourth-order valence-corrected chi connectivity index (χ4v) is 2.20. The Labute approximate surface area is 122 Å². The van der Waals surface area contributed by atoms with Gasteiger partial charge >= 0.3 is 7.12 Å². The Morgan fingerprint density at radius 2 is 1.76 bits per heavy atom. The van der Waals surface area contributed by atoms with E-state index in [2.05, 4.69) is 0 Å². The van der Waals surface area contributed by atoms with Crippen molar-refractivity contribution in [2.45, 2.75) is 13.1 Å². The smallest absolute Gasteiger partial charge is 0.423 e. The predicted octanol–water partition coefficient (Wildman–Crippen LogP) is 1.28. The molecule has 0 saturated carbocycles. The monoisotopic (exact) mass is 291 g/mol. The van der Waals surface area contributed by atoms with Crippen LogP contribution in [0.1, 0.15) is 11.1 Å². The molecule has 2 aromatic rings. The van der Waals surface area contributed by atoms with Crippen LogP contribution in [0, 0.1) is 11.6 Å². The average Bonchev–Trinajstić information content (AvgIpc) is 2.40. The summed E-state index contributed by atoms with van der Waals surface area (Å²) >= 11 is 0. The van der Waals surface area contributed by atoms with Crippen LogP contribution in [0.5, 0.6) is 0 Å². The maximum Gasteiger partial charge on any atom is 0.488 e. The first kappa shape index (κ1) is 15.6. The maximum atomic E-state index is 13.6. The maximum absolute atomic E-state index is 13.6. The second kappa shape index (κ2) is 6.80. The standard InChI is InChI=1S/C15H16BF2NO2/c1-19(10-12-4-2-3-5-15(12)18)9-11-6-13(16(20)21)8-14(17)7-11/h2-8,20-21H,9-10H2,1H3. The molecule has 0 bridgehead atoms. The highest BCUT2D eigenvalue weighted by molar-refractivity contribution is 6.58. The fourth-order valence-electron chi connectivity index (χ4n) is 2.20. The van der Waals surface area contributed by atoms with Gasteiger partial charge in [-0.15, -0.1) is 0 Å². The van der Waals surface area contributed by atoms with E-state index in [0.717, 1.165) is 6.07 Å². The van der Waals surface area contributed by atoms with Crippen LogP contribution >= 0.6 is 0 Å². The summed E-state index contributed by atoms with van der Waals surface area (Å²) < 4.78 is 27.0. The lowest BCUT2D eigenvalue weighted by Crippen LogP contribution is -2.31. The lowest BCUT2D eigenvalue weighted by atomic mass is 9.79. The molecule has 6 heteroatoms.